The minimum atomic E-state index is -0.578. The maximum Gasteiger partial charge on any atom is 0.308 e. The molecule has 0 saturated carbocycles. The highest BCUT2D eigenvalue weighted by molar-refractivity contribution is 5.69. The number of esters is 1. The predicted octanol–water partition coefficient (Wildman–Crippen LogP) is 1.80. The van der Waals surface area contributed by atoms with Crippen LogP contribution in [0.25, 0.3) is 0 Å². The van der Waals surface area contributed by atoms with E-state index < -0.39 is 5.79 Å². The van der Waals surface area contributed by atoms with Crippen LogP contribution in [0.3, 0.4) is 0 Å². The van der Waals surface area contributed by atoms with Gasteiger partial charge in [0.05, 0.1) is 19.6 Å². The van der Waals surface area contributed by atoms with Gasteiger partial charge in [0.25, 0.3) is 0 Å². The van der Waals surface area contributed by atoms with Crippen molar-refractivity contribution < 1.29 is 24.0 Å². The van der Waals surface area contributed by atoms with Gasteiger partial charge in [0.15, 0.2) is 0 Å². The van der Waals surface area contributed by atoms with E-state index in [0.717, 1.165) is 19.3 Å². The molecule has 2 aliphatic heterocycles. The van der Waals surface area contributed by atoms with Crippen molar-refractivity contribution in [2.75, 3.05) is 13.2 Å². The lowest BCUT2D eigenvalue weighted by Gasteiger charge is -2.37. The second kappa shape index (κ2) is 5.33. The molecule has 0 aromatic rings. The average Bonchev–Trinajstić information content (AvgIpc) is 2.65. The molecule has 2 aliphatic rings. The van der Waals surface area contributed by atoms with E-state index >= 15 is 0 Å². The summed E-state index contributed by atoms with van der Waals surface area (Å²) < 4.78 is 10.5. The van der Waals surface area contributed by atoms with E-state index in [1.54, 1.807) is 6.92 Å². The molecular formula is C12H20O5. The highest BCUT2D eigenvalue weighted by Crippen LogP contribution is 2.41. The first-order valence-electron chi connectivity index (χ1n) is 6.30. The second-order valence-corrected chi connectivity index (χ2v) is 4.70. The van der Waals surface area contributed by atoms with Gasteiger partial charge in [-0.3, -0.25) is 4.79 Å². The van der Waals surface area contributed by atoms with E-state index in [9.17, 15) is 4.79 Å². The zero-order chi connectivity index (χ0) is 12.3. The number of hydrogen-bond donors (Lipinski definition) is 0. The lowest BCUT2D eigenvalue weighted by molar-refractivity contribution is -0.467. The summed E-state index contributed by atoms with van der Waals surface area (Å²) in [5.41, 5.74) is 0. The summed E-state index contributed by atoms with van der Waals surface area (Å²) in [4.78, 5) is 22.0. The Kier molecular flexibility index (Phi) is 4.01. The molecule has 0 radical (unpaired) electrons. The van der Waals surface area contributed by atoms with Crippen molar-refractivity contribution in [3.05, 3.63) is 0 Å². The number of ether oxygens (including phenoxy) is 2. The molecule has 2 heterocycles. The van der Waals surface area contributed by atoms with Gasteiger partial charge >= 0.3 is 5.97 Å². The Hall–Kier alpha value is -0.650. The van der Waals surface area contributed by atoms with Crippen molar-refractivity contribution in [2.24, 2.45) is 5.92 Å². The summed E-state index contributed by atoms with van der Waals surface area (Å²) in [5, 5.41) is 0. The van der Waals surface area contributed by atoms with Gasteiger partial charge in [0.1, 0.15) is 6.10 Å². The van der Waals surface area contributed by atoms with Crippen LogP contribution in [0, 0.1) is 5.92 Å². The van der Waals surface area contributed by atoms with Gasteiger partial charge < -0.3 is 9.47 Å². The molecule has 98 valence electrons. The van der Waals surface area contributed by atoms with Crippen LogP contribution in [0.2, 0.25) is 0 Å². The Morgan fingerprint density at radius 3 is 2.82 bits per heavy atom. The topological polar surface area (TPSA) is 54.0 Å². The molecule has 0 aromatic heterocycles. The predicted molar refractivity (Wildman–Crippen MR) is 58.9 cm³/mol. The first kappa shape index (κ1) is 12.8. The van der Waals surface area contributed by atoms with Crippen LogP contribution >= 0.6 is 0 Å². The van der Waals surface area contributed by atoms with E-state index in [0.29, 0.717) is 19.1 Å². The summed E-state index contributed by atoms with van der Waals surface area (Å²) in [6.45, 7) is 5.00. The molecule has 2 fully saturated rings. The second-order valence-electron chi connectivity index (χ2n) is 4.70. The van der Waals surface area contributed by atoms with Crippen molar-refractivity contribution in [3.63, 3.8) is 0 Å². The summed E-state index contributed by atoms with van der Waals surface area (Å²) in [7, 11) is 0. The molecule has 1 spiro atoms. The van der Waals surface area contributed by atoms with Crippen molar-refractivity contribution >= 4 is 5.97 Å². The van der Waals surface area contributed by atoms with E-state index in [2.05, 4.69) is 6.92 Å². The van der Waals surface area contributed by atoms with Crippen LogP contribution < -0.4 is 0 Å². The van der Waals surface area contributed by atoms with Gasteiger partial charge in [-0.15, -0.1) is 0 Å². The van der Waals surface area contributed by atoms with Gasteiger partial charge in [-0.2, -0.15) is 0 Å². The Morgan fingerprint density at radius 1 is 1.47 bits per heavy atom. The van der Waals surface area contributed by atoms with Crippen molar-refractivity contribution in [3.8, 4) is 0 Å². The number of carbonyl (C=O) groups is 1. The normalized spacial score (nSPS) is 37.3. The molecule has 0 aliphatic carbocycles. The number of carbonyl (C=O) groups excluding carboxylic acids is 1. The zero-order valence-electron chi connectivity index (χ0n) is 10.4. The van der Waals surface area contributed by atoms with Crippen LogP contribution in [0.4, 0.5) is 0 Å². The van der Waals surface area contributed by atoms with Crippen LogP contribution in [0.1, 0.15) is 39.5 Å². The number of hydrogen-bond acceptors (Lipinski definition) is 5. The largest absolute Gasteiger partial charge is 0.466 e. The molecule has 0 N–H and O–H groups in total. The first-order chi connectivity index (χ1) is 8.16. The standard InChI is InChI=1S/C12H20O5/c1-3-14-11(13)8-10-4-6-12(17-16-10)9(2)5-7-15-12/h9-10H,3-8H2,1-2H3. The monoisotopic (exact) mass is 244 g/mol. The van der Waals surface area contributed by atoms with Crippen molar-refractivity contribution in [1.29, 1.82) is 0 Å². The maximum absolute atomic E-state index is 11.3. The molecule has 0 aromatic carbocycles. The van der Waals surface area contributed by atoms with Gasteiger partial charge in [-0.05, 0) is 19.8 Å². The van der Waals surface area contributed by atoms with Crippen LogP contribution in [-0.2, 0) is 24.0 Å². The fraction of sp³-hybridized carbons (Fsp3) is 0.917. The quantitative estimate of drug-likeness (QED) is 0.559. The smallest absolute Gasteiger partial charge is 0.308 e. The lowest BCUT2D eigenvalue weighted by atomic mass is 9.93. The van der Waals surface area contributed by atoms with Crippen molar-refractivity contribution in [2.45, 2.75) is 51.4 Å². The van der Waals surface area contributed by atoms with Gasteiger partial charge in [-0.1, -0.05) is 6.92 Å². The minimum Gasteiger partial charge on any atom is -0.466 e. The molecule has 0 amide bonds. The molecule has 5 nitrogen and oxygen atoms in total. The molecule has 2 saturated heterocycles. The number of rotatable bonds is 3. The third kappa shape index (κ3) is 2.78. The highest BCUT2D eigenvalue weighted by Gasteiger charge is 2.47. The molecule has 3 unspecified atom stereocenters. The summed E-state index contributed by atoms with van der Waals surface area (Å²) in [5.74, 6) is -0.478. The van der Waals surface area contributed by atoms with E-state index in [1.807, 2.05) is 0 Å². The fourth-order valence-corrected chi connectivity index (χ4v) is 2.34. The SMILES string of the molecule is CCOC(=O)CC1CCC2(OCCC2C)OO1. The molecule has 5 heteroatoms. The third-order valence-corrected chi connectivity index (χ3v) is 3.49. The molecule has 17 heavy (non-hydrogen) atoms. The Bertz CT molecular complexity index is 270. The minimum absolute atomic E-state index is 0.212. The highest BCUT2D eigenvalue weighted by atomic mass is 17.2. The molecular weight excluding hydrogens is 224 g/mol. The molecule has 0 bridgehead atoms. The Morgan fingerprint density at radius 2 is 2.29 bits per heavy atom. The van der Waals surface area contributed by atoms with Gasteiger partial charge in [0.2, 0.25) is 5.79 Å². The van der Waals surface area contributed by atoms with Crippen LogP contribution in [0.5, 0.6) is 0 Å². The maximum atomic E-state index is 11.3. The Labute approximate surface area is 101 Å². The van der Waals surface area contributed by atoms with Gasteiger partial charge in [-0.25, -0.2) is 9.78 Å². The van der Waals surface area contributed by atoms with Crippen molar-refractivity contribution in [1.82, 2.24) is 0 Å². The third-order valence-electron chi connectivity index (χ3n) is 3.49. The van der Waals surface area contributed by atoms with Crippen LogP contribution in [-0.4, -0.2) is 31.1 Å². The average molecular weight is 244 g/mol. The zero-order valence-corrected chi connectivity index (χ0v) is 10.4. The van der Waals surface area contributed by atoms with E-state index in [1.165, 1.54) is 0 Å². The summed E-state index contributed by atoms with van der Waals surface area (Å²) in [6.07, 6.45) is 2.57. The van der Waals surface area contributed by atoms with Crippen LogP contribution in [0.15, 0.2) is 0 Å². The van der Waals surface area contributed by atoms with Gasteiger partial charge in [0, 0.05) is 12.3 Å². The molecule has 2 rings (SSSR count). The lowest BCUT2D eigenvalue weighted by Crippen LogP contribution is -2.44. The van der Waals surface area contributed by atoms with E-state index in [-0.39, 0.29) is 18.5 Å². The summed E-state index contributed by atoms with van der Waals surface area (Å²) in [6, 6.07) is 0. The van der Waals surface area contributed by atoms with E-state index in [4.69, 9.17) is 19.2 Å². The first-order valence-corrected chi connectivity index (χ1v) is 6.30. The molecule has 3 atom stereocenters. The summed E-state index contributed by atoms with van der Waals surface area (Å²) >= 11 is 0. The Balaban J connectivity index is 1.80. The fourth-order valence-electron chi connectivity index (χ4n) is 2.34.